The number of para-hydroxylation sites is 1. The van der Waals surface area contributed by atoms with Crippen LogP contribution in [0.5, 0.6) is 17.2 Å². The Morgan fingerprint density at radius 2 is 1.89 bits per heavy atom. The maximum atomic E-state index is 12.7. The largest absolute Gasteiger partial charge is 0.496 e. The van der Waals surface area contributed by atoms with Crippen molar-refractivity contribution in [1.82, 2.24) is 0 Å². The van der Waals surface area contributed by atoms with Gasteiger partial charge in [-0.2, -0.15) is 0 Å². The fourth-order valence-electron chi connectivity index (χ4n) is 3.15. The molecule has 0 unspecified atom stereocenters. The highest BCUT2D eigenvalue weighted by molar-refractivity contribution is 7.11. The van der Waals surface area contributed by atoms with E-state index in [-0.39, 0.29) is 5.78 Å². The molecule has 4 rings (SSSR count). The fourth-order valence-corrected chi connectivity index (χ4v) is 4.00. The van der Waals surface area contributed by atoms with Crippen molar-refractivity contribution in [2.45, 2.75) is 20.5 Å². The van der Waals surface area contributed by atoms with Gasteiger partial charge >= 0.3 is 0 Å². The van der Waals surface area contributed by atoms with Crippen molar-refractivity contribution in [2.75, 3.05) is 7.11 Å². The number of benzene rings is 2. The van der Waals surface area contributed by atoms with Gasteiger partial charge in [-0.25, -0.2) is 0 Å². The molecule has 2 heterocycles. The van der Waals surface area contributed by atoms with Crippen LogP contribution in [0.4, 0.5) is 0 Å². The van der Waals surface area contributed by atoms with Gasteiger partial charge in [-0.15, -0.1) is 11.3 Å². The molecule has 1 aliphatic rings. The Balaban J connectivity index is 1.59. The van der Waals surface area contributed by atoms with Crippen molar-refractivity contribution in [1.29, 1.82) is 0 Å². The summed E-state index contributed by atoms with van der Waals surface area (Å²) in [6.45, 7) is 4.29. The predicted octanol–water partition coefficient (Wildman–Crippen LogP) is 5.57. The van der Waals surface area contributed by atoms with Gasteiger partial charge in [0.1, 0.15) is 23.9 Å². The summed E-state index contributed by atoms with van der Waals surface area (Å²) in [6, 6.07) is 13.4. The topological polar surface area (TPSA) is 44.8 Å². The Kier molecular flexibility index (Phi) is 4.92. The number of allylic oxidation sites excluding steroid dienone is 1. The first-order chi connectivity index (χ1) is 13.6. The van der Waals surface area contributed by atoms with Gasteiger partial charge in [0.2, 0.25) is 5.78 Å². The zero-order chi connectivity index (χ0) is 19.7. The quantitative estimate of drug-likeness (QED) is 0.533. The van der Waals surface area contributed by atoms with Crippen molar-refractivity contribution in [3.63, 3.8) is 0 Å². The van der Waals surface area contributed by atoms with Crippen molar-refractivity contribution in [2.24, 2.45) is 0 Å². The summed E-state index contributed by atoms with van der Waals surface area (Å²) in [5, 5.41) is 2.00. The van der Waals surface area contributed by atoms with Gasteiger partial charge in [0.05, 0.1) is 12.7 Å². The van der Waals surface area contributed by atoms with Gasteiger partial charge in [0.15, 0.2) is 5.76 Å². The lowest BCUT2D eigenvalue weighted by Crippen LogP contribution is -2.00. The lowest BCUT2D eigenvalue weighted by molar-refractivity contribution is 0.101. The van der Waals surface area contributed by atoms with Crippen molar-refractivity contribution < 1.29 is 19.0 Å². The van der Waals surface area contributed by atoms with Gasteiger partial charge in [0, 0.05) is 22.1 Å². The van der Waals surface area contributed by atoms with E-state index < -0.39 is 0 Å². The third kappa shape index (κ3) is 3.29. The molecule has 0 radical (unpaired) electrons. The fraction of sp³-hybridized carbons (Fsp3) is 0.174. The van der Waals surface area contributed by atoms with E-state index in [0.29, 0.717) is 29.4 Å². The van der Waals surface area contributed by atoms with E-state index in [1.165, 1.54) is 0 Å². The van der Waals surface area contributed by atoms with Crippen molar-refractivity contribution in [3.05, 3.63) is 80.7 Å². The zero-order valence-electron chi connectivity index (χ0n) is 15.9. The first-order valence-corrected chi connectivity index (χ1v) is 9.83. The monoisotopic (exact) mass is 392 g/mol. The second-order valence-corrected chi connectivity index (χ2v) is 7.52. The summed E-state index contributed by atoms with van der Waals surface area (Å²) in [5.41, 5.74) is 3.47. The third-order valence-electron chi connectivity index (χ3n) is 4.78. The smallest absolute Gasteiger partial charge is 0.232 e. The second kappa shape index (κ2) is 7.52. The molecule has 28 heavy (non-hydrogen) atoms. The van der Waals surface area contributed by atoms with Crippen molar-refractivity contribution >= 4 is 23.2 Å². The van der Waals surface area contributed by atoms with E-state index >= 15 is 0 Å². The van der Waals surface area contributed by atoms with Gasteiger partial charge in [-0.05, 0) is 49.1 Å². The van der Waals surface area contributed by atoms with Crippen LogP contribution in [0, 0.1) is 13.8 Å². The predicted molar refractivity (Wildman–Crippen MR) is 110 cm³/mol. The lowest BCUT2D eigenvalue weighted by atomic mass is 10.1. The van der Waals surface area contributed by atoms with Crippen LogP contribution in [0.1, 0.15) is 31.9 Å². The molecule has 1 aromatic heterocycles. The number of aryl methyl sites for hydroxylation is 1. The molecule has 0 atom stereocenters. The number of ether oxygens (including phenoxy) is 3. The van der Waals surface area contributed by atoms with Crippen LogP contribution >= 0.6 is 11.3 Å². The normalized spacial score (nSPS) is 14.1. The van der Waals surface area contributed by atoms with Crippen LogP contribution in [-0.2, 0) is 6.61 Å². The van der Waals surface area contributed by atoms with Crippen LogP contribution in [0.25, 0.3) is 6.08 Å². The number of Topliss-reactive ketones (excluding diaryl/α,β-unsaturated/α-hetero) is 1. The Morgan fingerprint density at radius 3 is 2.64 bits per heavy atom. The Morgan fingerprint density at radius 1 is 1.07 bits per heavy atom. The number of methoxy groups -OCH3 is 1. The van der Waals surface area contributed by atoms with Crippen LogP contribution < -0.4 is 14.2 Å². The number of hydrogen-bond donors (Lipinski definition) is 0. The molecule has 0 amide bonds. The van der Waals surface area contributed by atoms with Crippen LogP contribution in [-0.4, -0.2) is 12.9 Å². The minimum atomic E-state index is -0.0952. The molecular weight excluding hydrogens is 372 g/mol. The highest BCUT2D eigenvalue weighted by atomic mass is 32.1. The molecule has 3 aromatic rings. The standard InChI is InChI=1S/C23H20O4S/c1-14-10-11-28-21(14)12-20-22(24)17-8-9-18(15(2)23(17)27-20)26-13-16-6-4-5-7-19(16)25-3/h4-12H,13H2,1-3H3/b20-12-. The molecule has 0 saturated heterocycles. The van der Waals surface area contributed by atoms with Gasteiger partial charge < -0.3 is 14.2 Å². The average Bonchev–Trinajstić information content (AvgIpc) is 3.26. The SMILES string of the molecule is COc1ccccc1COc1ccc2c(c1C)O/C(=C\c1sccc1C)C2=O. The molecule has 0 bridgehead atoms. The molecule has 0 N–H and O–H groups in total. The molecule has 0 aliphatic carbocycles. The number of rotatable bonds is 5. The molecule has 142 valence electrons. The number of thiophene rings is 1. The lowest BCUT2D eigenvalue weighted by Gasteiger charge is -2.13. The molecule has 0 saturated carbocycles. The van der Waals surface area contributed by atoms with Crippen LogP contribution in [0.3, 0.4) is 0 Å². The molecule has 1 aliphatic heterocycles. The number of ketones is 1. The molecule has 4 nitrogen and oxygen atoms in total. The van der Waals surface area contributed by atoms with Gasteiger partial charge in [-0.1, -0.05) is 18.2 Å². The zero-order valence-corrected chi connectivity index (χ0v) is 16.8. The first kappa shape index (κ1) is 18.3. The molecule has 0 spiro atoms. The maximum absolute atomic E-state index is 12.7. The first-order valence-electron chi connectivity index (χ1n) is 8.95. The van der Waals surface area contributed by atoms with E-state index in [4.69, 9.17) is 14.2 Å². The maximum Gasteiger partial charge on any atom is 0.232 e. The molecular formula is C23H20O4S. The van der Waals surface area contributed by atoms with E-state index in [9.17, 15) is 4.79 Å². The summed E-state index contributed by atoms with van der Waals surface area (Å²) in [6.07, 6.45) is 1.82. The van der Waals surface area contributed by atoms with E-state index in [0.717, 1.165) is 27.3 Å². The van der Waals surface area contributed by atoms with E-state index in [2.05, 4.69) is 0 Å². The molecule has 0 fully saturated rings. The average molecular weight is 392 g/mol. The summed E-state index contributed by atoms with van der Waals surface area (Å²) < 4.78 is 17.3. The summed E-state index contributed by atoms with van der Waals surface area (Å²) in [5.74, 6) is 2.30. The summed E-state index contributed by atoms with van der Waals surface area (Å²) in [4.78, 5) is 13.7. The molecule has 2 aromatic carbocycles. The number of fused-ring (bicyclic) bond motifs is 1. The van der Waals surface area contributed by atoms with Crippen LogP contribution in [0.15, 0.2) is 53.6 Å². The van der Waals surface area contributed by atoms with Gasteiger partial charge in [-0.3, -0.25) is 4.79 Å². The Hall–Kier alpha value is -3.05. The Bertz CT molecular complexity index is 1080. The molecule has 5 heteroatoms. The summed E-state index contributed by atoms with van der Waals surface area (Å²) >= 11 is 1.59. The highest BCUT2D eigenvalue weighted by Crippen LogP contribution is 2.40. The highest BCUT2D eigenvalue weighted by Gasteiger charge is 2.30. The third-order valence-corrected chi connectivity index (χ3v) is 5.74. The minimum absolute atomic E-state index is 0.0952. The van der Waals surface area contributed by atoms with E-state index in [1.54, 1.807) is 24.5 Å². The van der Waals surface area contributed by atoms with Crippen molar-refractivity contribution in [3.8, 4) is 17.2 Å². The second-order valence-electron chi connectivity index (χ2n) is 6.57. The Labute approximate surface area is 168 Å². The summed E-state index contributed by atoms with van der Waals surface area (Å²) in [7, 11) is 1.64. The number of hydrogen-bond acceptors (Lipinski definition) is 5. The van der Waals surface area contributed by atoms with Crippen LogP contribution in [0.2, 0.25) is 0 Å². The van der Waals surface area contributed by atoms with E-state index in [1.807, 2.05) is 61.7 Å². The van der Waals surface area contributed by atoms with Gasteiger partial charge in [0.25, 0.3) is 0 Å². The minimum Gasteiger partial charge on any atom is -0.496 e. The number of carbonyl (C=O) groups excluding carboxylic acids is 1. The number of carbonyl (C=O) groups is 1.